The van der Waals surface area contributed by atoms with Crippen LogP contribution in [0.3, 0.4) is 0 Å². The second kappa shape index (κ2) is 7.04. The average molecular weight is 446 g/mol. The highest BCUT2D eigenvalue weighted by atomic mass is 32.2. The molecule has 10 heteroatoms. The Hall–Kier alpha value is -2.43. The van der Waals surface area contributed by atoms with Crippen molar-refractivity contribution in [3.63, 3.8) is 0 Å². The minimum Gasteiger partial charge on any atom is -0.469 e. The van der Waals surface area contributed by atoms with Crippen molar-refractivity contribution in [2.45, 2.75) is 68.9 Å². The SMILES string of the molecule is CC1(C)Cn2ncc(S(N)(=O)=NC(=O)Nc3c4c(cc5c3[C@@H](CO)CC5)CCC4)c2O1. The molecule has 5 rings (SSSR count). The van der Waals surface area contributed by atoms with Gasteiger partial charge in [-0.2, -0.15) is 5.10 Å². The number of aliphatic hydroxyl groups excluding tert-OH is 1. The molecule has 31 heavy (non-hydrogen) atoms. The number of nitrogens with two attached hydrogens (primary N) is 1. The topological polar surface area (TPSA) is 132 Å². The van der Waals surface area contributed by atoms with Crippen LogP contribution in [0.15, 0.2) is 21.5 Å². The summed E-state index contributed by atoms with van der Waals surface area (Å²) < 4.78 is 24.4. The quantitative estimate of drug-likeness (QED) is 0.668. The Balaban J connectivity index is 1.50. The molecule has 1 aromatic heterocycles. The Morgan fingerprint density at radius 2 is 2.23 bits per heavy atom. The number of amides is 2. The number of aromatic nitrogens is 2. The van der Waals surface area contributed by atoms with Gasteiger partial charge in [0, 0.05) is 11.6 Å². The summed E-state index contributed by atoms with van der Waals surface area (Å²) in [5.74, 6) is 0.267. The molecule has 0 radical (unpaired) electrons. The van der Waals surface area contributed by atoms with E-state index < -0.39 is 21.5 Å². The van der Waals surface area contributed by atoms with E-state index in [9.17, 15) is 14.1 Å². The van der Waals surface area contributed by atoms with Crippen molar-refractivity contribution in [1.29, 1.82) is 0 Å². The number of ether oxygens (including phenoxy) is 1. The Morgan fingerprint density at radius 3 is 3.00 bits per heavy atom. The average Bonchev–Trinajstić information content (AvgIpc) is 3.42. The van der Waals surface area contributed by atoms with Crippen molar-refractivity contribution in [2.24, 2.45) is 9.50 Å². The summed E-state index contributed by atoms with van der Waals surface area (Å²) in [4.78, 5) is 13.0. The lowest BCUT2D eigenvalue weighted by molar-refractivity contribution is 0.132. The molecule has 0 spiro atoms. The van der Waals surface area contributed by atoms with Crippen LogP contribution in [0.25, 0.3) is 0 Å². The second-order valence-electron chi connectivity index (χ2n) is 9.16. The molecular weight excluding hydrogens is 418 g/mol. The molecule has 166 valence electrons. The van der Waals surface area contributed by atoms with Crippen LogP contribution in [0.1, 0.15) is 54.9 Å². The van der Waals surface area contributed by atoms with E-state index in [2.05, 4.69) is 20.8 Å². The van der Waals surface area contributed by atoms with Crippen molar-refractivity contribution in [3.8, 4) is 5.88 Å². The Bertz CT molecular complexity index is 1210. The number of rotatable bonds is 3. The summed E-state index contributed by atoms with van der Waals surface area (Å²) in [5, 5.41) is 22.9. The minimum absolute atomic E-state index is 0.0204. The van der Waals surface area contributed by atoms with E-state index >= 15 is 0 Å². The fraction of sp³-hybridized carbons (Fsp3) is 0.524. The normalized spacial score (nSPS) is 22.3. The Morgan fingerprint density at radius 1 is 1.42 bits per heavy atom. The lowest BCUT2D eigenvalue weighted by atomic mass is 9.94. The summed E-state index contributed by atoms with van der Waals surface area (Å²) in [6.45, 7) is 4.30. The minimum atomic E-state index is -3.55. The van der Waals surface area contributed by atoms with E-state index in [1.54, 1.807) is 4.68 Å². The summed E-state index contributed by atoms with van der Waals surface area (Å²) in [5.41, 5.74) is 4.66. The molecule has 0 saturated heterocycles. The van der Waals surface area contributed by atoms with E-state index in [0.717, 1.165) is 48.8 Å². The Labute approximate surface area is 181 Å². The molecule has 3 aliphatic rings. The van der Waals surface area contributed by atoms with Gasteiger partial charge in [0.25, 0.3) is 0 Å². The lowest BCUT2D eigenvalue weighted by Gasteiger charge is -2.18. The van der Waals surface area contributed by atoms with Crippen LogP contribution in [-0.4, -0.2) is 37.3 Å². The zero-order valence-electron chi connectivity index (χ0n) is 17.7. The molecule has 4 N–H and O–H groups in total. The molecule has 2 aliphatic carbocycles. The molecule has 2 atom stereocenters. The van der Waals surface area contributed by atoms with Crippen LogP contribution in [0, 0.1) is 0 Å². The first-order chi connectivity index (χ1) is 14.7. The van der Waals surface area contributed by atoms with E-state index in [1.165, 1.54) is 11.8 Å². The van der Waals surface area contributed by atoms with Crippen LogP contribution in [0.2, 0.25) is 0 Å². The summed E-state index contributed by atoms with van der Waals surface area (Å²) in [6.07, 6.45) is 5.91. The highest BCUT2D eigenvalue weighted by molar-refractivity contribution is 7.91. The number of urea groups is 1. The second-order valence-corrected chi connectivity index (χ2v) is 10.9. The number of carbonyl (C=O) groups is 1. The van der Waals surface area contributed by atoms with Crippen molar-refractivity contribution in [1.82, 2.24) is 9.78 Å². The molecule has 2 aromatic rings. The van der Waals surface area contributed by atoms with Gasteiger partial charge in [0.2, 0.25) is 5.88 Å². The number of anilines is 1. The van der Waals surface area contributed by atoms with Gasteiger partial charge in [0.1, 0.15) is 10.5 Å². The number of nitrogens with zero attached hydrogens (tertiary/aromatic N) is 3. The number of aryl methyl sites for hydroxylation is 2. The maximum absolute atomic E-state index is 13.2. The lowest BCUT2D eigenvalue weighted by Crippen LogP contribution is -2.27. The molecular formula is C21H27N5O4S. The van der Waals surface area contributed by atoms with Crippen molar-refractivity contribution in [2.75, 3.05) is 11.9 Å². The maximum atomic E-state index is 13.2. The number of hydrogen-bond donors (Lipinski definition) is 3. The van der Waals surface area contributed by atoms with Crippen molar-refractivity contribution in [3.05, 3.63) is 34.5 Å². The smallest absolute Gasteiger partial charge is 0.354 e. The first kappa shape index (κ1) is 20.5. The van der Waals surface area contributed by atoms with Crippen LogP contribution in [0.4, 0.5) is 10.5 Å². The van der Waals surface area contributed by atoms with Crippen LogP contribution >= 0.6 is 0 Å². The standard InChI is InChI=1S/C21H27N5O4S/c1-21(2)11-26-19(30-21)16(9-23-26)31(22,29)25-20(28)24-18-15-5-3-4-12(15)8-13-6-7-14(10-27)17(13)18/h8-9,14,27H,3-7,10-11H2,1-2H3,(H3,22,24,25,28,29)/t14-,31?/m1/s1. The third kappa shape index (κ3) is 3.42. The van der Waals surface area contributed by atoms with Gasteiger partial charge < -0.3 is 15.2 Å². The zero-order valence-corrected chi connectivity index (χ0v) is 18.5. The van der Waals surface area contributed by atoms with Crippen LogP contribution < -0.4 is 15.2 Å². The van der Waals surface area contributed by atoms with Gasteiger partial charge in [-0.1, -0.05) is 6.07 Å². The van der Waals surface area contributed by atoms with Gasteiger partial charge in [-0.15, -0.1) is 4.36 Å². The fourth-order valence-electron chi connectivity index (χ4n) is 5.03. The van der Waals surface area contributed by atoms with Gasteiger partial charge in [-0.05, 0) is 68.2 Å². The first-order valence-corrected chi connectivity index (χ1v) is 12.2. The molecule has 0 fully saturated rings. The van der Waals surface area contributed by atoms with Crippen LogP contribution in [-0.2, 0) is 35.7 Å². The highest BCUT2D eigenvalue weighted by Gasteiger charge is 2.36. The molecule has 9 nitrogen and oxygen atoms in total. The van der Waals surface area contributed by atoms with Gasteiger partial charge in [-0.3, -0.25) is 0 Å². The molecule has 0 saturated carbocycles. The summed E-state index contributed by atoms with van der Waals surface area (Å²) in [6, 6.07) is 1.44. The molecule has 1 aliphatic heterocycles. The molecule has 2 amide bonds. The van der Waals surface area contributed by atoms with E-state index in [4.69, 9.17) is 9.88 Å². The third-order valence-corrected chi connectivity index (χ3v) is 7.69. The number of benzene rings is 1. The number of carbonyl (C=O) groups excluding carboxylic acids is 1. The number of fused-ring (bicyclic) bond motifs is 3. The van der Waals surface area contributed by atoms with E-state index in [-0.39, 0.29) is 23.3 Å². The molecule has 2 heterocycles. The first-order valence-electron chi connectivity index (χ1n) is 10.6. The summed E-state index contributed by atoms with van der Waals surface area (Å²) >= 11 is 0. The highest BCUT2D eigenvalue weighted by Crippen LogP contribution is 2.44. The van der Waals surface area contributed by atoms with Gasteiger partial charge in [0.15, 0.2) is 9.92 Å². The van der Waals surface area contributed by atoms with Crippen molar-refractivity contribution >= 4 is 21.6 Å². The van der Waals surface area contributed by atoms with E-state index in [1.807, 2.05) is 13.8 Å². The van der Waals surface area contributed by atoms with Crippen LogP contribution in [0.5, 0.6) is 5.88 Å². The largest absolute Gasteiger partial charge is 0.469 e. The monoisotopic (exact) mass is 445 g/mol. The fourth-order valence-corrected chi connectivity index (χ4v) is 6.01. The van der Waals surface area contributed by atoms with Crippen molar-refractivity contribution < 1.29 is 18.8 Å². The molecule has 1 aromatic carbocycles. The Kier molecular flexibility index (Phi) is 4.65. The summed E-state index contributed by atoms with van der Waals surface area (Å²) in [7, 11) is -3.55. The predicted molar refractivity (Wildman–Crippen MR) is 116 cm³/mol. The number of aliphatic hydroxyl groups is 1. The van der Waals surface area contributed by atoms with Gasteiger partial charge in [0.05, 0.1) is 19.3 Å². The third-order valence-electron chi connectivity index (χ3n) is 6.35. The molecule has 0 bridgehead atoms. The zero-order chi connectivity index (χ0) is 22.0. The maximum Gasteiger partial charge on any atom is 0.354 e. The number of hydrogen-bond acceptors (Lipinski definition) is 5. The van der Waals surface area contributed by atoms with E-state index in [0.29, 0.717) is 12.2 Å². The van der Waals surface area contributed by atoms with Gasteiger partial charge in [-0.25, -0.2) is 18.8 Å². The molecule has 1 unspecified atom stereocenters. The predicted octanol–water partition coefficient (Wildman–Crippen LogP) is 2.50. The van der Waals surface area contributed by atoms with Gasteiger partial charge >= 0.3 is 6.03 Å². The number of nitrogens with one attached hydrogen (secondary N) is 1.